The second kappa shape index (κ2) is 7.80. The molecule has 0 bridgehead atoms. The fourth-order valence-corrected chi connectivity index (χ4v) is 3.17. The van der Waals surface area contributed by atoms with Gasteiger partial charge in [0.15, 0.2) is 11.5 Å². The Hall–Kier alpha value is -3.21. The van der Waals surface area contributed by atoms with Gasteiger partial charge in [-0.3, -0.25) is 4.79 Å². The summed E-state index contributed by atoms with van der Waals surface area (Å²) in [6.07, 6.45) is 2.37. The zero-order valence-corrected chi connectivity index (χ0v) is 16.8. The van der Waals surface area contributed by atoms with Crippen LogP contribution in [0.5, 0.6) is 17.2 Å². The van der Waals surface area contributed by atoms with Crippen molar-refractivity contribution in [1.29, 1.82) is 0 Å². The third kappa shape index (κ3) is 3.60. The highest BCUT2D eigenvalue weighted by Crippen LogP contribution is 2.35. The van der Waals surface area contributed by atoms with Gasteiger partial charge in [0.2, 0.25) is 5.43 Å². The minimum Gasteiger partial charge on any atom is -0.507 e. The lowest BCUT2D eigenvalue weighted by Crippen LogP contribution is -2.11. The highest BCUT2D eigenvalue weighted by atomic mass is 16.5. The quantitative estimate of drug-likeness (QED) is 0.631. The molecule has 3 aromatic rings. The number of hydrogen-bond donors (Lipinski definition) is 1. The van der Waals surface area contributed by atoms with Gasteiger partial charge in [-0.2, -0.15) is 0 Å². The van der Waals surface area contributed by atoms with Gasteiger partial charge < -0.3 is 19.0 Å². The molecule has 28 heavy (non-hydrogen) atoms. The molecule has 0 unspecified atom stereocenters. The molecule has 0 spiro atoms. The molecular formula is C23H24O5. The van der Waals surface area contributed by atoms with Crippen LogP contribution < -0.4 is 14.9 Å². The van der Waals surface area contributed by atoms with E-state index in [2.05, 4.69) is 0 Å². The van der Waals surface area contributed by atoms with E-state index in [-0.39, 0.29) is 16.6 Å². The van der Waals surface area contributed by atoms with Crippen molar-refractivity contribution in [2.75, 3.05) is 14.2 Å². The van der Waals surface area contributed by atoms with Crippen LogP contribution in [0.3, 0.4) is 0 Å². The lowest BCUT2D eigenvalue weighted by molar-refractivity contribution is 0.355. The van der Waals surface area contributed by atoms with Gasteiger partial charge in [-0.1, -0.05) is 11.6 Å². The van der Waals surface area contributed by atoms with Gasteiger partial charge in [-0.05, 0) is 63.1 Å². The lowest BCUT2D eigenvalue weighted by Gasteiger charge is -2.13. The molecule has 0 saturated heterocycles. The molecule has 0 aliphatic heterocycles. The Kier molecular flexibility index (Phi) is 5.45. The summed E-state index contributed by atoms with van der Waals surface area (Å²) in [7, 11) is 3.13. The Morgan fingerprint density at radius 3 is 2.46 bits per heavy atom. The first-order chi connectivity index (χ1) is 13.3. The highest BCUT2D eigenvalue weighted by molar-refractivity contribution is 5.86. The van der Waals surface area contributed by atoms with E-state index < -0.39 is 0 Å². The van der Waals surface area contributed by atoms with Crippen molar-refractivity contribution < 1.29 is 19.0 Å². The standard InChI is InChI=1S/C23H24O5/c1-13(2)6-8-16-22(25)21-17(24)10-14(3)11-20(21)28-23(16)15-7-9-18(26-4)19(12-15)27-5/h6-7,9-12,24H,8H2,1-5H3. The summed E-state index contributed by atoms with van der Waals surface area (Å²) in [5, 5.41) is 10.5. The average Bonchev–Trinajstić information content (AvgIpc) is 2.65. The Morgan fingerprint density at radius 2 is 1.82 bits per heavy atom. The smallest absolute Gasteiger partial charge is 0.200 e. The number of phenolic OH excluding ortho intramolecular Hbond substituents is 1. The summed E-state index contributed by atoms with van der Waals surface area (Å²) in [5.41, 5.74) is 3.21. The zero-order valence-electron chi connectivity index (χ0n) is 16.8. The van der Waals surface area contributed by atoms with Gasteiger partial charge in [0.25, 0.3) is 0 Å². The van der Waals surface area contributed by atoms with E-state index in [0.29, 0.717) is 40.4 Å². The second-order valence-electron chi connectivity index (χ2n) is 6.95. The van der Waals surface area contributed by atoms with E-state index in [9.17, 15) is 9.90 Å². The predicted octanol–water partition coefficient (Wildman–Crippen LogP) is 5.00. The van der Waals surface area contributed by atoms with Crippen LogP contribution in [0.25, 0.3) is 22.3 Å². The van der Waals surface area contributed by atoms with Crippen molar-refractivity contribution in [2.45, 2.75) is 27.2 Å². The molecule has 0 aliphatic rings. The summed E-state index contributed by atoms with van der Waals surface area (Å²) >= 11 is 0. The van der Waals surface area contributed by atoms with Gasteiger partial charge >= 0.3 is 0 Å². The molecule has 5 nitrogen and oxygen atoms in total. The number of ether oxygens (including phenoxy) is 2. The molecule has 5 heteroatoms. The molecule has 0 amide bonds. The molecule has 0 aliphatic carbocycles. The van der Waals surface area contributed by atoms with E-state index in [1.165, 1.54) is 0 Å². The summed E-state index contributed by atoms with van der Waals surface area (Å²) in [5.74, 6) is 1.53. The lowest BCUT2D eigenvalue weighted by atomic mass is 10.00. The number of allylic oxidation sites excluding steroid dienone is 2. The molecule has 0 saturated carbocycles. The van der Waals surface area contributed by atoms with Crippen LogP contribution in [0.2, 0.25) is 0 Å². The minimum absolute atomic E-state index is 0.0685. The minimum atomic E-state index is -0.235. The van der Waals surface area contributed by atoms with Crippen LogP contribution >= 0.6 is 0 Å². The topological polar surface area (TPSA) is 68.9 Å². The number of aromatic hydroxyl groups is 1. The summed E-state index contributed by atoms with van der Waals surface area (Å²) in [6, 6.07) is 8.71. The Morgan fingerprint density at radius 1 is 1.11 bits per heavy atom. The normalized spacial score (nSPS) is 10.8. The number of rotatable bonds is 5. The van der Waals surface area contributed by atoms with Gasteiger partial charge in [0.1, 0.15) is 22.5 Å². The summed E-state index contributed by atoms with van der Waals surface area (Å²) < 4.78 is 16.8. The van der Waals surface area contributed by atoms with Crippen molar-refractivity contribution in [1.82, 2.24) is 0 Å². The Bertz CT molecular complexity index is 1120. The van der Waals surface area contributed by atoms with Crippen molar-refractivity contribution in [2.24, 2.45) is 0 Å². The van der Waals surface area contributed by atoms with E-state index in [1.807, 2.05) is 32.9 Å². The largest absolute Gasteiger partial charge is 0.507 e. The maximum Gasteiger partial charge on any atom is 0.200 e. The summed E-state index contributed by atoms with van der Waals surface area (Å²) in [6.45, 7) is 5.78. The molecule has 1 aromatic heterocycles. The van der Waals surface area contributed by atoms with Crippen LogP contribution in [0.1, 0.15) is 25.0 Å². The SMILES string of the molecule is COc1ccc(-c2oc3cc(C)cc(O)c3c(=O)c2CC=C(C)C)cc1OC. The fourth-order valence-electron chi connectivity index (χ4n) is 3.17. The van der Waals surface area contributed by atoms with Gasteiger partial charge in [0.05, 0.1) is 14.2 Å². The first kappa shape index (κ1) is 19.5. The van der Waals surface area contributed by atoms with Gasteiger partial charge in [-0.15, -0.1) is 0 Å². The van der Waals surface area contributed by atoms with E-state index in [0.717, 1.165) is 11.1 Å². The maximum atomic E-state index is 13.2. The number of benzene rings is 2. The molecular weight excluding hydrogens is 356 g/mol. The first-order valence-corrected chi connectivity index (χ1v) is 9.00. The first-order valence-electron chi connectivity index (χ1n) is 9.00. The zero-order chi connectivity index (χ0) is 20.4. The average molecular weight is 380 g/mol. The van der Waals surface area contributed by atoms with Gasteiger partial charge in [-0.25, -0.2) is 0 Å². The second-order valence-corrected chi connectivity index (χ2v) is 6.95. The predicted molar refractivity (Wildman–Crippen MR) is 111 cm³/mol. The van der Waals surface area contributed by atoms with E-state index >= 15 is 0 Å². The molecule has 0 fully saturated rings. The Labute approximate surface area is 163 Å². The molecule has 146 valence electrons. The molecule has 3 rings (SSSR count). The number of methoxy groups -OCH3 is 2. The van der Waals surface area contributed by atoms with Crippen LogP contribution in [0.15, 0.2) is 51.2 Å². The third-order valence-corrected chi connectivity index (χ3v) is 4.57. The number of aryl methyl sites for hydroxylation is 1. The molecule has 0 radical (unpaired) electrons. The molecule has 1 heterocycles. The number of fused-ring (bicyclic) bond motifs is 1. The van der Waals surface area contributed by atoms with Crippen LogP contribution in [0, 0.1) is 6.92 Å². The van der Waals surface area contributed by atoms with Crippen molar-refractivity contribution in [3.05, 3.63) is 63.3 Å². The van der Waals surface area contributed by atoms with Crippen molar-refractivity contribution in [3.63, 3.8) is 0 Å². The van der Waals surface area contributed by atoms with E-state index in [1.54, 1.807) is 38.5 Å². The van der Waals surface area contributed by atoms with Crippen LogP contribution in [-0.2, 0) is 6.42 Å². The fraction of sp³-hybridized carbons (Fsp3) is 0.261. The Balaban J connectivity index is 2.35. The van der Waals surface area contributed by atoms with E-state index in [4.69, 9.17) is 13.9 Å². The van der Waals surface area contributed by atoms with Crippen LogP contribution in [0.4, 0.5) is 0 Å². The van der Waals surface area contributed by atoms with Crippen molar-refractivity contribution >= 4 is 11.0 Å². The molecule has 0 atom stereocenters. The van der Waals surface area contributed by atoms with Gasteiger partial charge in [0, 0.05) is 11.1 Å². The molecule has 2 aromatic carbocycles. The number of phenols is 1. The number of hydrogen-bond acceptors (Lipinski definition) is 5. The summed E-state index contributed by atoms with van der Waals surface area (Å²) in [4.78, 5) is 13.2. The highest BCUT2D eigenvalue weighted by Gasteiger charge is 2.19. The third-order valence-electron chi connectivity index (χ3n) is 4.57. The monoisotopic (exact) mass is 380 g/mol. The maximum absolute atomic E-state index is 13.2. The molecule has 1 N–H and O–H groups in total. The van der Waals surface area contributed by atoms with Crippen LogP contribution in [-0.4, -0.2) is 19.3 Å². The van der Waals surface area contributed by atoms with Crippen molar-refractivity contribution in [3.8, 4) is 28.6 Å².